The molecule has 1 aliphatic carbocycles. The number of pyridine rings is 1. The van der Waals surface area contributed by atoms with Gasteiger partial charge >= 0.3 is 0 Å². The summed E-state index contributed by atoms with van der Waals surface area (Å²) in [6.45, 7) is 3.41. The van der Waals surface area contributed by atoms with Crippen LogP contribution in [-0.4, -0.2) is 58.4 Å². The molecule has 176 valence electrons. The summed E-state index contributed by atoms with van der Waals surface area (Å²) in [7, 11) is 1.69. The number of ether oxygens (including phenoxy) is 1. The van der Waals surface area contributed by atoms with Crippen LogP contribution in [-0.2, 0) is 0 Å². The molecule has 1 aliphatic rings. The maximum atomic E-state index is 9.92. The number of hydrogen-bond acceptors (Lipinski definition) is 8. The van der Waals surface area contributed by atoms with Crippen molar-refractivity contribution in [2.45, 2.75) is 31.3 Å². The number of aliphatic hydroxyl groups is 1. The molecule has 0 aliphatic heterocycles. The number of nitrogens with one attached hydrogen (secondary N) is 2. The summed E-state index contributed by atoms with van der Waals surface area (Å²) in [5, 5.41) is 16.5. The van der Waals surface area contributed by atoms with E-state index < -0.39 is 5.60 Å². The highest BCUT2D eigenvalue weighted by atomic mass is 32.2. The van der Waals surface area contributed by atoms with Gasteiger partial charge in [0.2, 0.25) is 0 Å². The lowest BCUT2D eigenvalue weighted by Crippen LogP contribution is -2.20. The molecule has 8 heteroatoms. The summed E-state index contributed by atoms with van der Waals surface area (Å²) in [6, 6.07) is 13.8. The van der Waals surface area contributed by atoms with Gasteiger partial charge in [-0.1, -0.05) is 25.1 Å². The number of thioether (sulfide) groups is 1. The Hall–Kier alpha value is -2.84. The number of rotatable bonds is 9. The zero-order valence-corrected chi connectivity index (χ0v) is 20.5. The first kappa shape index (κ1) is 24.8. The van der Waals surface area contributed by atoms with Crippen molar-refractivity contribution in [2.24, 2.45) is 0 Å². The molecule has 2 heterocycles. The van der Waals surface area contributed by atoms with Crippen molar-refractivity contribution in [1.82, 2.24) is 15.0 Å². The second-order valence-electron chi connectivity index (χ2n) is 8.23. The highest BCUT2D eigenvalue weighted by Crippen LogP contribution is 2.34. The van der Waals surface area contributed by atoms with Crippen LogP contribution in [0.4, 0.5) is 11.6 Å². The summed E-state index contributed by atoms with van der Waals surface area (Å²) >= 11 is 1.75. The minimum Gasteiger partial charge on any atom is -0.496 e. The molecule has 0 radical (unpaired) electrons. The topological polar surface area (TPSA) is 92.2 Å². The first-order valence-corrected chi connectivity index (χ1v) is 12.6. The highest BCUT2D eigenvalue weighted by molar-refractivity contribution is 7.97. The number of methoxy groups -OCH3 is 1. The van der Waals surface area contributed by atoms with Crippen LogP contribution in [0.25, 0.3) is 11.3 Å². The van der Waals surface area contributed by atoms with Crippen molar-refractivity contribution in [3.63, 3.8) is 0 Å². The molecule has 2 aromatic heterocycles. The van der Waals surface area contributed by atoms with Crippen LogP contribution in [0.2, 0.25) is 0 Å². The number of nitrogens with zero attached hydrogens (tertiary/aromatic N) is 3. The van der Waals surface area contributed by atoms with Gasteiger partial charge in [0.05, 0.1) is 18.4 Å². The fraction of sp³-hybridized carbons (Fsp3) is 0.400. The Morgan fingerprint density at radius 3 is 2.48 bits per heavy atom. The normalized spacial score (nSPS) is 14.5. The van der Waals surface area contributed by atoms with Crippen molar-refractivity contribution in [1.29, 1.82) is 0 Å². The van der Waals surface area contributed by atoms with Gasteiger partial charge in [0.1, 0.15) is 23.7 Å². The van der Waals surface area contributed by atoms with E-state index in [4.69, 9.17) is 4.74 Å². The van der Waals surface area contributed by atoms with E-state index in [2.05, 4.69) is 38.6 Å². The van der Waals surface area contributed by atoms with Crippen molar-refractivity contribution in [2.75, 3.05) is 43.3 Å². The highest BCUT2D eigenvalue weighted by Gasteiger charge is 2.39. The average molecular weight is 468 g/mol. The molecule has 1 atom stereocenters. The van der Waals surface area contributed by atoms with Crippen LogP contribution in [0, 0.1) is 0 Å². The lowest BCUT2D eigenvalue weighted by atomic mass is 10.00. The van der Waals surface area contributed by atoms with Gasteiger partial charge in [-0.3, -0.25) is 0 Å². The third-order valence-electron chi connectivity index (χ3n) is 5.41. The van der Waals surface area contributed by atoms with Gasteiger partial charge in [-0.05, 0) is 49.1 Å². The minimum absolute atomic E-state index is 0.257. The molecular formula is C25H33N5O2S. The lowest BCUT2D eigenvalue weighted by molar-refractivity contribution is 0.164. The Morgan fingerprint density at radius 1 is 1.06 bits per heavy atom. The minimum atomic E-state index is -0.547. The van der Waals surface area contributed by atoms with Crippen LogP contribution in [0.5, 0.6) is 5.75 Å². The predicted molar refractivity (Wildman–Crippen MR) is 137 cm³/mol. The summed E-state index contributed by atoms with van der Waals surface area (Å²) in [5.74, 6) is 2.66. The molecule has 0 unspecified atom stereocenters. The molecule has 3 aromatic rings. The maximum Gasteiger partial charge on any atom is 0.129 e. The largest absolute Gasteiger partial charge is 0.496 e. The van der Waals surface area contributed by atoms with E-state index in [1.165, 1.54) is 0 Å². The van der Waals surface area contributed by atoms with E-state index in [1.807, 2.05) is 48.9 Å². The van der Waals surface area contributed by atoms with E-state index >= 15 is 0 Å². The molecule has 0 spiro atoms. The summed E-state index contributed by atoms with van der Waals surface area (Å²) < 4.78 is 5.47. The molecule has 33 heavy (non-hydrogen) atoms. The molecule has 1 aromatic carbocycles. The zero-order valence-electron chi connectivity index (χ0n) is 19.7. The fourth-order valence-electron chi connectivity index (χ4n) is 3.28. The van der Waals surface area contributed by atoms with Gasteiger partial charge in [-0.25, -0.2) is 15.0 Å². The van der Waals surface area contributed by atoms with E-state index in [0.29, 0.717) is 6.54 Å². The first-order chi connectivity index (χ1) is 16.0. The van der Waals surface area contributed by atoms with Crippen molar-refractivity contribution in [3.05, 3.63) is 60.6 Å². The maximum absolute atomic E-state index is 9.92. The van der Waals surface area contributed by atoms with E-state index in [1.54, 1.807) is 31.4 Å². The van der Waals surface area contributed by atoms with Gasteiger partial charge < -0.3 is 20.5 Å². The number of anilines is 2. The third kappa shape index (κ3) is 7.33. The van der Waals surface area contributed by atoms with Gasteiger partial charge in [0.25, 0.3) is 0 Å². The second-order valence-corrected chi connectivity index (χ2v) is 9.05. The van der Waals surface area contributed by atoms with Crippen molar-refractivity contribution in [3.8, 4) is 17.0 Å². The summed E-state index contributed by atoms with van der Waals surface area (Å²) in [6.07, 6.45) is 9.12. The Balaban J connectivity index is 0.000000968. The Bertz CT molecular complexity index is 1010. The quantitative estimate of drug-likeness (QED) is 0.418. The number of aromatic nitrogens is 3. The van der Waals surface area contributed by atoms with Gasteiger partial charge in [-0.2, -0.15) is 11.8 Å². The SMILES string of the molecule is COc1ccccc1[C@H](C)CNc1cc(-c2ccc(NCC3(O)CC3)nc2)ncn1.CSC. The van der Waals surface area contributed by atoms with Gasteiger partial charge in [-0.15, -0.1) is 0 Å². The molecule has 3 N–H and O–H groups in total. The van der Waals surface area contributed by atoms with E-state index in [0.717, 1.165) is 53.6 Å². The van der Waals surface area contributed by atoms with Gasteiger partial charge in [0, 0.05) is 36.8 Å². The Labute approximate surface area is 200 Å². The standard InChI is InChI=1S/C23H27N5O2.C2H6S/c1-16(18-5-3-4-6-20(18)30-2)12-24-22-11-19(27-15-28-22)17-7-8-21(25-13-17)26-14-23(29)9-10-23;1-3-2/h3-8,11,13,15-16,29H,9-10,12,14H2,1-2H3,(H,25,26)(H,24,27,28);1-2H3/t16-;/m1./s1. The Kier molecular flexibility index (Phi) is 8.91. The fourth-order valence-corrected chi connectivity index (χ4v) is 3.28. The molecular weight excluding hydrogens is 434 g/mol. The van der Waals surface area contributed by atoms with Crippen LogP contribution < -0.4 is 15.4 Å². The molecule has 4 rings (SSSR count). The number of para-hydroxylation sites is 1. The van der Waals surface area contributed by atoms with Crippen LogP contribution in [0.1, 0.15) is 31.2 Å². The smallest absolute Gasteiger partial charge is 0.129 e. The van der Waals surface area contributed by atoms with Crippen LogP contribution in [0.15, 0.2) is 55.0 Å². The third-order valence-corrected chi connectivity index (χ3v) is 5.41. The van der Waals surface area contributed by atoms with Crippen molar-refractivity contribution < 1.29 is 9.84 Å². The van der Waals surface area contributed by atoms with Gasteiger partial charge in [0.15, 0.2) is 0 Å². The van der Waals surface area contributed by atoms with E-state index in [-0.39, 0.29) is 5.92 Å². The summed E-state index contributed by atoms with van der Waals surface area (Å²) in [4.78, 5) is 13.1. The predicted octanol–water partition coefficient (Wildman–Crippen LogP) is 4.68. The number of benzene rings is 1. The molecule has 1 saturated carbocycles. The summed E-state index contributed by atoms with van der Waals surface area (Å²) in [5.41, 5.74) is 2.32. The molecule has 0 amide bonds. The first-order valence-electron chi connectivity index (χ1n) is 11.0. The molecule has 0 bridgehead atoms. The monoisotopic (exact) mass is 467 g/mol. The molecule has 1 fully saturated rings. The Morgan fingerprint density at radius 2 is 1.82 bits per heavy atom. The van der Waals surface area contributed by atoms with E-state index in [9.17, 15) is 5.11 Å². The number of hydrogen-bond donors (Lipinski definition) is 3. The van der Waals surface area contributed by atoms with Crippen LogP contribution in [0.3, 0.4) is 0 Å². The molecule has 0 saturated heterocycles. The lowest BCUT2D eigenvalue weighted by Gasteiger charge is -2.16. The van der Waals surface area contributed by atoms with Crippen LogP contribution >= 0.6 is 11.8 Å². The van der Waals surface area contributed by atoms with Crippen molar-refractivity contribution >= 4 is 23.4 Å². The second kappa shape index (κ2) is 11.9. The average Bonchev–Trinajstić information content (AvgIpc) is 3.59. The zero-order chi connectivity index (χ0) is 23.7. The molecule has 7 nitrogen and oxygen atoms in total.